The second kappa shape index (κ2) is 11.7. The quantitative estimate of drug-likeness (QED) is 0.265. The molecule has 0 radical (unpaired) electrons. The molecule has 3 aromatic carbocycles. The number of rotatable bonds is 9. The van der Waals surface area contributed by atoms with Gasteiger partial charge < -0.3 is 14.8 Å². The van der Waals surface area contributed by atoms with Crippen LogP contribution in [0.15, 0.2) is 83.9 Å². The highest BCUT2D eigenvalue weighted by atomic mass is 32.1. The summed E-state index contributed by atoms with van der Waals surface area (Å²) >= 11 is 5.68. The van der Waals surface area contributed by atoms with Gasteiger partial charge in [-0.25, -0.2) is 4.99 Å². The number of ether oxygens (including phenoxy) is 2. The van der Waals surface area contributed by atoms with E-state index in [-0.39, 0.29) is 0 Å². The Bertz CT molecular complexity index is 974. The number of nitrogens with zero attached hydrogens (tertiary/aromatic N) is 2. The molecule has 0 amide bonds. The molecule has 3 aromatic rings. The first-order valence-corrected chi connectivity index (χ1v) is 10.7. The Morgan fingerprint density at radius 3 is 2.03 bits per heavy atom. The van der Waals surface area contributed by atoms with Gasteiger partial charge in [0.25, 0.3) is 0 Å². The van der Waals surface area contributed by atoms with E-state index >= 15 is 0 Å². The second-order valence-electron chi connectivity index (χ2n) is 6.61. The van der Waals surface area contributed by atoms with Gasteiger partial charge in [-0.05, 0) is 80.2 Å². The SMILES string of the molecule is CCOc1ccc(N=CN(C(=S)NCc2ccccc2)c2ccc(OCC)cc2)cc1. The van der Waals surface area contributed by atoms with Crippen molar-refractivity contribution in [2.75, 3.05) is 18.1 Å². The maximum atomic E-state index is 5.68. The van der Waals surface area contributed by atoms with E-state index < -0.39 is 0 Å². The van der Waals surface area contributed by atoms with E-state index in [1.54, 1.807) is 6.34 Å². The number of anilines is 1. The van der Waals surface area contributed by atoms with Gasteiger partial charge in [-0.3, -0.25) is 4.90 Å². The van der Waals surface area contributed by atoms with Crippen LogP contribution in [0.25, 0.3) is 0 Å². The molecule has 160 valence electrons. The third kappa shape index (κ3) is 6.83. The topological polar surface area (TPSA) is 46.1 Å². The van der Waals surface area contributed by atoms with Crippen molar-refractivity contribution in [3.8, 4) is 11.5 Å². The van der Waals surface area contributed by atoms with Crippen LogP contribution in [0.2, 0.25) is 0 Å². The molecule has 0 aliphatic heterocycles. The molecule has 0 saturated carbocycles. The molecular weight excluding hydrogens is 406 g/mol. The van der Waals surface area contributed by atoms with Gasteiger partial charge in [0, 0.05) is 12.2 Å². The van der Waals surface area contributed by atoms with Gasteiger partial charge in [-0.15, -0.1) is 0 Å². The molecule has 5 nitrogen and oxygen atoms in total. The van der Waals surface area contributed by atoms with Crippen LogP contribution in [0.3, 0.4) is 0 Å². The van der Waals surface area contributed by atoms with E-state index in [0.29, 0.717) is 24.9 Å². The van der Waals surface area contributed by atoms with Crippen molar-refractivity contribution in [3.05, 3.63) is 84.4 Å². The minimum atomic E-state index is 0.558. The maximum absolute atomic E-state index is 5.68. The van der Waals surface area contributed by atoms with E-state index in [2.05, 4.69) is 22.4 Å². The van der Waals surface area contributed by atoms with Gasteiger partial charge in [0.2, 0.25) is 0 Å². The van der Waals surface area contributed by atoms with Gasteiger partial charge in [0.15, 0.2) is 5.11 Å². The summed E-state index contributed by atoms with van der Waals surface area (Å²) in [5, 5.41) is 3.87. The van der Waals surface area contributed by atoms with Crippen molar-refractivity contribution >= 4 is 35.0 Å². The molecule has 0 unspecified atom stereocenters. The molecule has 0 fully saturated rings. The highest BCUT2D eigenvalue weighted by Gasteiger charge is 2.11. The summed E-state index contributed by atoms with van der Waals surface area (Å²) in [7, 11) is 0. The zero-order chi connectivity index (χ0) is 21.9. The summed E-state index contributed by atoms with van der Waals surface area (Å²) in [4.78, 5) is 6.46. The monoisotopic (exact) mass is 433 g/mol. The Balaban J connectivity index is 1.78. The minimum Gasteiger partial charge on any atom is -0.494 e. The lowest BCUT2D eigenvalue weighted by Gasteiger charge is -2.22. The fourth-order valence-electron chi connectivity index (χ4n) is 2.88. The van der Waals surface area contributed by atoms with Gasteiger partial charge in [0.1, 0.15) is 17.8 Å². The first-order valence-electron chi connectivity index (χ1n) is 10.3. The zero-order valence-electron chi connectivity index (χ0n) is 17.8. The molecule has 0 bridgehead atoms. The Kier molecular flexibility index (Phi) is 8.43. The summed E-state index contributed by atoms with van der Waals surface area (Å²) < 4.78 is 11.0. The molecular formula is C25H27N3O2S. The molecule has 0 aliphatic rings. The number of benzene rings is 3. The van der Waals surface area contributed by atoms with Crippen molar-refractivity contribution in [1.29, 1.82) is 0 Å². The number of nitrogens with one attached hydrogen (secondary N) is 1. The van der Waals surface area contributed by atoms with Crippen molar-refractivity contribution < 1.29 is 9.47 Å². The smallest absolute Gasteiger partial charge is 0.179 e. The molecule has 6 heteroatoms. The van der Waals surface area contributed by atoms with Crippen molar-refractivity contribution in [1.82, 2.24) is 5.32 Å². The standard InChI is InChI=1S/C25H27N3O2S/c1-3-29-23-14-10-21(11-15-23)27-19-28(22-12-16-24(17-13-22)30-4-2)25(31)26-18-20-8-6-5-7-9-20/h5-17,19H,3-4,18H2,1-2H3,(H,26,31). The van der Waals surface area contributed by atoms with Gasteiger partial charge in [-0.2, -0.15) is 0 Å². The molecule has 0 atom stereocenters. The van der Waals surface area contributed by atoms with E-state index in [9.17, 15) is 0 Å². The Labute approximate surface area is 189 Å². The lowest BCUT2D eigenvalue weighted by Crippen LogP contribution is -2.38. The molecule has 0 aliphatic carbocycles. The molecule has 0 saturated heterocycles. The van der Waals surface area contributed by atoms with Crippen LogP contribution >= 0.6 is 12.2 Å². The first kappa shape index (κ1) is 22.3. The fraction of sp³-hybridized carbons (Fsp3) is 0.200. The number of thiocarbonyl (C=S) groups is 1. The van der Waals surface area contributed by atoms with E-state index in [1.165, 1.54) is 0 Å². The van der Waals surface area contributed by atoms with Crippen LogP contribution in [0.4, 0.5) is 11.4 Å². The van der Waals surface area contributed by atoms with Crippen LogP contribution in [-0.2, 0) is 6.54 Å². The number of hydrogen-bond acceptors (Lipinski definition) is 4. The number of aliphatic imine (C=N–C) groups is 1. The molecule has 0 aromatic heterocycles. The molecule has 3 rings (SSSR count). The van der Waals surface area contributed by atoms with Crippen LogP contribution < -0.4 is 19.7 Å². The van der Waals surface area contributed by atoms with Crippen LogP contribution in [0.1, 0.15) is 19.4 Å². The van der Waals surface area contributed by atoms with Gasteiger partial charge in [0.05, 0.1) is 18.9 Å². The predicted molar refractivity (Wildman–Crippen MR) is 132 cm³/mol. The van der Waals surface area contributed by atoms with Gasteiger partial charge in [-0.1, -0.05) is 30.3 Å². The van der Waals surface area contributed by atoms with Gasteiger partial charge >= 0.3 is 0 Å². The minimum absolute atomic E-state index is 0.558. The maximum Gasteiger partial charge on any atom is 0.179 e. The Morgan fingerprint density at radius 1 is 0.871 bits per heavy atom. The average Bonchev–Trinajstić information content (AvgIpc) is 2.81. The summed E-state index contributed by atoms with van der Waals surface area (Å²) in [6.45, 7) is 5.81. The summed E-state index contributed by atoms with van der Waals surface area (Å²) in [5.41, 5.74) is 2.86. The fourth-order valence-corrected chi connectivity index (χ4v) is 3.11. The summed E-state index contributed by atoms with van der Waals surface area (Å²) in [5.74, 6) is 1.64. The Morgan fingerprint density at radius 2 is 1.45 bits per heavy atom. The second-order valence-corrected chi connectivity index (χ2v) is 7.00. The lowest BCUT2D eigenvalue weighted by molar-refractivity contribution is 0.340. The normalized spacial score (nSPS) is 10.6. The third-order valence-corrected chi connectivity index (χ3v) is 4.74. The zero-order valence-corrected chi connectivity index (χ0v) is 18.6. The van der Waals surface area contributed by atoms with Crippen molar-refractivity contribution in [2.24, 2.45) is 4.99 Å². The number of hydrogen-bond donors (Lipinski definition) is 1. The third-order valence-electron chi connectivity index (χ3n) is 4.40. The van der Waals surface area contributed by atoms with Crippen LogP contribution in [0, 0.1) is 0 Å². The molecule has 0 spiro atoms. The molecule has 1 N–H and O–H groups in total. The Hall–Kier alpha value is -3.38. The summed E-state index contributed by atoms with van der Waals surface area (Å²) in [6, 6.07) is 25.6. The summed E-state index contributed by atoms with van der Waals surface area (Å²) in [6.07, 6.45) is 1.73. The van der Waals surface area contributed by atoms with Crippen molar-refractivity contribution in [2.45, 2.75) is 20.4 Å². The lowest BCUT2D eigenvalue weighted by atomic mass is 10.2. The van der Waals surface area contributed by atoms with E-state index in [0.717, 1.165) is 28.4 Å². The first-order chi connectivity index (χ1) is 15.2. The predicted octanol–water partition coefficient (Wildman–Crippen LogP) is 5.73. The highest BCUT2D eigenvalue weighted by Crippen LogP contribution is 2.21. The largest absolute Gasteiger partial charge is 0.494 e. The van der Waals surface area contributed by atoms with Crippen molar-refractivity contribution in [3.63, 3.8) is 0 Å². The van der Waals surface area contributed by atoms with E-state index in [4.69, 9.17) is 21.7 Å². The van der Waals surface area contributed by atoms with E-state index in [1.807, 2.05) is 85.5 Å². The molecule has 0 heterocycles. The highest BCUT2D eigenvalue weighted by molar-refractivity contribution is 7.80. The van der Waals surface area contributed by atoms with Crippen LogP contribution in [-0.4, -0.2) is 24.7 Å². The van der Waals surface area contributed by atoms with Crippen LogP contribution in [0.5, 0.6) is 11.5 Å². The molecule has 31 heavy (non-hydrogen) atoms. The average molecular weight is 434 g/mol.